The molecule has 1 aromatic rings. The predicted molar refractivity (Wildman–Crippen MR) is 63.5 cm³/mol. The third kappa shape index (κ3) is 2.45. The van der Waals surface area contributed by atoms with E-state index in [0.717, 1.165) is 12.8 Å². The molecule has 0 aliphatic carbocycles. The maximum absolute atomic E-state index is 3.83. The van der Waals surface area contributed by atoms with Crippen LogP contribution in [0.2, 0.25) is 0 Å². The fourth-order valence-corrected chi connectivity index (χ4v) is 2.02. The van der Waals surface area contributed by atoms with Crippen molar-refractivity contribution in [1.82, 2.24) is 0 Å². The Hall–Kier alpha value is -1.08. The molecule has 0 N–H and O–H groups in total. The number of rotatable bonds is 5. The van der Waals surface area contributed by atoms with Crippen LogP contribution in [0.15, 0.2) is 55.6 Å². The van der Waals surface area contributed by atoms with Crippen LogP contribution in [-0.2, 0) is 5.04 Å². The molecule has 3 radical (unpaired) electrons. The topological polar surface area (TPSA) is 0 Å². The summed E-state index contributed by atoms with van der Waals surface area (Å²) in [4.78, 5) is 0. The molecule has 14 heavy (non-hydrogen) atoms. The molecular formula is C13H15Si. The second-order valence-corrected chi connectivity index (χ2v) is 4.39. The first-order valence-electron chi connectivity index (χ1n) is 4.75. The van der Waals surface area contributed by atoms with Gasteiger partial charge in [-0.15, -0.1) is 13.2 Å². The average molecular weight is 199 g/mol. The standard InChI is InChI=1S/C13H15Si/c1-3-10-13(14,11-4-2)12-8-6-5-7-9-12/h3-9H,1-2,10-11H2. The van der Waals surface area contributed by atoms with Crippen LogP contribution in [0.4, 0.5) is 0 Å². The van der Waals surface area contributed by atoms with Crippen molar-refractivity contribution in [1.29, 1.82) is 0 Å². The molecule has 0 aliphatic rings. The van der Waals surface area contributed by atoms with Gasteiger partial charge < -0.3 is 0 Å². The third-order valence-corrected chi connectivity index (χ3v) is 3.01. The molecule has 0 spiro atoms. The van der Waals surface area contributed by atoms with Crippen molar-refractivity contribution in [2.45, 2.75) is 17.9 Å². The normalized spacial score (nSPS) is 10.9. The number of allylic oxidation sites excluding steroid dienone is 2. The van der Waals surface area contributed by atoms with Gasteiger partial charge in [0.05, 0.1) is 0 Å². The average Bonchev–Trinajstić information content (AvgIpc) is 2.20. The zero-order chi connectivity index (χ0) is 10.4. The Labute approximate surface area is 89.8 Å². The Morgan fingerprint density at radius 3 is 2.00 bits per heavy atom. The lowest BCUT2D eigenvalue weighted by atomic mass is 9.91. The lowest BCUT2D eigenvalue weighted by Crippen LogP contribution is -2.24. The smallest absolute Gasteiger partial charge is 0.0387 e. The summed E-state index contributed by atoms with van der Waals surface area (Å²) in [6, 6.07) is 10.4. The molecule has 0 aromatic heterocycles. The molecule has 0 amide bonds. The van der Waals surface area contributed by atoms with Crippen LogP contribution in [0.1, 0.15) is 18.4 Å². The Morgan fingerprint density at radius 1 is 1.07 bits per heavy atom. The van der Waals surface area contributed by atoms with E-state index < -0.39 is 0 Å². The quantitative estimate of drug-likeness (QED) is 0.504. The summed E-state index contributed by atoms with van der Waals surface area (Å²) >= 11 is 0. The summed E-state index contributed by atoms with van der Waals surface area (Å²) in [6.07, 6.45) is 5.67. The molecule has 0 saturated carbocycles. The number of hydrogen-bond donors (Lipinski definition) is 0. The van der Waals surface area contributed by atoms with Gasteiger partial charge in [0.15, 0.2) is 0 Å². The molecule has 0 nitrogen and oxygen atoms in total. The summed E-state index contributed by atoms with van der Waals surface area (Å²) in [6.45, 7) is 7.58. The molecule has 0 heterocycles. The van der Waals surface area contributed by atoms with Crippen molar-refractivity contribution in [3.8, 4) is 0 Å². The van der Waals surface area contributed by atoms with Gasteiger partial charge in [-0.3, -0.25) is 0 Å². The number of benzene rings is 1. The van der Waals surface area contributed by atoms with Gasteiger partial charge in [-0.1, -0.05) is 42.5 Å². The van der Waals surface area contributed by atoms with Crippen molar-refractivity contribution >= 4 is 10.2 Å². The molecule has 0 unspecified atom stereocenters. The van der Waals surface area contributed by atoms with E-state index in [1.807, 2.05) is 18.2 Å². The predicted octanol–water partition coefficient (Wildman–Crippen LogP) is 3.20. The van der Waals surface area contributed by atoms with Crippen molar-refractivity contribution in [2.75, 3.05) is 0 Å². The Morgan fingerprint density at radius 2 is 1.57 bits per heavy atom. The van der Waals surface area contributed by atoms with Crippen LogP contribution in [0.3, 0.4) is 0 Å². The highest BCUT2D eigenvalue weighted by Crippen LogP contribution is 2.28. The van der Waals surface area contributed by atoms with E-state index >= 15 is 0 Å². The van der Waals surface area contributed by atoms with Gasteiger partial charge >= 0.3 is 0 Å². The van der Waals surface area contributed by atoms with E-state index in [4.69, 9.17) is 0 Å². The minimum atomic E-state index is -0.0369. The minimum absolute atomic E-state index is 0.0369. The van der Waals surface area contributed by atoms with Gasteiger partial charge in [0.1, 0.15) is 0 Å². The fraction of sp³-hybridized carbons (Fsp3) is 0.231. The first-order valence-corrected chi connectivity index (χ1v) is 5.25. The van der Waals surface area contributed by atoms with E-state index in [0.29, 0.717) is 0 Å². The SMILES string of the molecule is C=CCC([Si])(CC=C)c1ccccc1. The highest BCUT2D eigenvalue weighted by molar-refractivity contribution is 6.16. The minimum Gasteiger partial charge on any atom is -0.103 e. The van der Waals surface area contributed by atoms with E-state index in [1.54, 1.807) is 0 Å². The van der Waals surface area contributed by atoms with E-state index in [9.17, 15) is 0 Å². The Balaban J connectivity index is 2.98. The highest BCUT2D eigenvalue weighted by Gasteiger charge is 2.23. The van der Waals surface area contributed by atoms with Gasteiger partial charge in [-0.2, -0.15) is 0 Å². The van der Waals surface area contributed by atoms with Crippen LogP contribution in [0.5, 0.6) is 0 Å². The molecule has 0 aliphatic heterocycles. The first kappa shape index (κ1) is 11.0. The lowest BCUT2D eigenvalue weighted by molar-refractivity contribution is 0.627. The van der Waals surface area contributed by atoms with Crippen molar-refractivity contribution in [2.24, 2.45) is 0 Å². The van der Waals surface area contributed by atoms with Gasteiger partial charge in [0, 0.05) is 10.2 Å². The maximum atomic E-state index is 3.83. The molecule has 1 heteroatoms. The van der Waals surface area contributed by atoms with Crippen molar-refractivity contribution < 1.29 is 0 Å². The summed E-state index contributed by atoms with van der Waals surface area (Å²) in [5, 5.41) is -0.0369. The zero-order valence-electron chi connectivity index (χ0n) is 8.37. The third-order valence-electron chi connectivity index (χ3n) is 2.31. The molecule has 0 atom stereocenters. The van der Waals surface area contributed by atoms with E-state index in [-0.39, 0.29) is 5.04 Å². The maximum Gasteiger partial charge on any atom is 0.0387 e. The molecule has 0 saturated heterocycles. The van der Waals surface area contributed by atoms with Crippen LogP contribution >= 0.6 is 0 Å². The van der Waals surface area contributed by atoms with E-state index in [1.165, 1.54) is 5.56 Å². The molecule has 71 valence electrons. The molecule has 1 rings (SSSR count). The van der Waals surface area contributed by atoms with Crippen LogP contribution in [0, 0.1) is 0 Å². The summed E-state index contributed by atoms with van der Waals surface area (Å²) in [5.74, 6) is 0. The monoisotopic (exact) mass is 199 g/mol. The second kappa shape index (κ2) is 4.96. The van der Waals surface area contributed by atoms with Crippen LogP contribution in [0.25, 0.3) is 0 Å². The number of hydrogen-bond acceptors (Lipinski definition) is 0. The van der Waals surface area contributed by atoms with Gasteiger partial charge in [-0.25, -0.2) is 0 Å². The van der Waals surface area contributed by atoms with Crippen LogP contribution in [-0.4, -0.2) is 10.2 Å². The summed E-state index contributed by atoms with van der Waals surface area (Å²) in [7, 11) is 3.83. The highest BCUT2D eigenvalue weighted by atomic mass is 28.1. The van der Waals surface area contributed by atoms with Crippen molar-refractivity contribution in [3.05, 3.63) is 61.2 Å². The zero-order valence-corrected chi connectivity index (χ0v) is 9.37. The Bertz CT molecular complexity index is 290. The van der Waals surface area contributed by atoms with Gasteiger partial charge in [0.25, 0.3) is 0 Å². The first-order chi connectivity index (χ1) is 6.73. The van der Waals surface area contributed by atoms with Gasteiger partial charge in [0.2, 0.25) is 0 Å². The van der Waals surface area contributed by atoms with E-state index in [2.05, 4.69) is 47.7 Å². The second-order valence-electron chi connectivity index (χ2n) is 3.43. The lowest BCUT2D eigenvalue weighted by Gasteiger charge is -2.27. The van der Waals surface area contributed by atoms with Gasteiger partial charge in [-0.05, 0) is 23.4 Å². The largest absolute Gasteiger partial charge is 0.103 e. The summed E-state index contributed by atoms with van der Waals surface area (Å²) in [5.41, 5.74) is 1.27. The summed E-state index contributed by atoms with van der Waals surface area (Å²) < 4.78 is 0. The Kier molecular flexibility index (Phi) is 3.90. The molecule has 0 bridgehead atoms. The van der Waals surface area contributed by atoms with Crippen LogP contribution < -0.4 is 0 Å². The molecular weight excluding hydrogens is 184 g/mol. The molecule has 1 aromatic carbocycles. The molecule has 0 fully saturated rings. The fourth-order valence-electron chi connectivity index (χ4n) is 1.57. The van der Waals surface area contributed by atoms with Crippen molar-refractivity contribution in [3.63, 3.8) is 0 Å².